The molecule has 3 aromatic rings. The van der Waals surface area contributed by atoms with Crippen molar-refractivity contribution in [3.63, 3.8) is 0 Å². The van der Waals surface area contributed by atoms with Crippen LogP contribution in [0.2, 0.25) is 0 Å². The van der Waals surface area contributed by atoms with E-state index in [1.807, 2.05) is 36.4 Å². The molecular formula is C27H33N3O2. The first kappa shape index (κ1) is 21.2. The van der Waals surface area contributed by atoms with Crippen LogP contribution in [-0.4, -0.2) is 39.7 Å². The highest BCUT2D eigenvalue weighted by atomic mass is 16.5. The molecule has 0 N–H and O–H groups in total. The summed E-state index contributed by atoms with van der Waals surface area (Å²) in [6.07, 6.45) is 9.41. The van der Waals surface area contributed by atoms with Gasteiger partial charge in [-0.05, 0) is 68.5 Å². The maximum atomic E-state index is 12.8. The van der Waals surface area contributed by atoms with Gasteiger partial charge >= 0.3 is 0 Å². The molecular weight excluding hydrogens is 398 g/mol. The lowest BCUT2D eigenvalue weighted by molar-refractivity contribution is 0.0630. The number of rotatable bonds is 4. The Hall–Kier alpha value is -2.66. The molecule has 1 aliphatic heterocycles. The molecule has 0 unspecified atom stereocenters. The highest BCUT2D eigenvalue weighted by Gasteiger charge is 2.27. The van der Waals surface area contributed by atoms with E-state index < -0.39 is 0 Å². The Morgan fingerprint density at radius 1 is 0.969 bits per heavy atom. The molecule has 0 atom stereocenters. The van der Waals surface area contributed by atoms with Crippen LogP contribution in [0.15, 0.2) is 47.3 Å². The van der Waals surface area contributed by atoms with Crippen LogP contribution in [0.3, 0.4) is 0 Å². The van der Waals surface area contributed by atoms with E-state index in [4.69, 9.17) is 9.72 Å². The van der Waals surface area contributed by atoms with Crippen LogP contribution in [0.4, 0.5) is 0 Å². The van der Waals surface area contributed by atoms with Crippen LogP contribution in [0.5, 0.6) is 5.75 Å². The smallest absolute Gasteiger partial charge is 0.261 e. The van der Waals surface area contributed by atoms with Crippen LogP contribution < -0.4 is 10.3 Å². The zero-order valence-electron chi connectivity index (χ0n) is 19.2. The Morgan fingerprint density at radius 3 is 2.47 bits per heavy atom. The highest BCUT2D eigenvalue weighted by molar-refractivity contribution is 5.80. The SMILES string of the molecule is Cc1cc(OC2CCN(C3CCCCC3)CC2)ccc1-c1nc2ccccc2c(=O)n1C. The summed E-state index contributed by atoms with van der Waals surface area (Å²) in [7, 11) is 1.79. The molecule has 2 aromatic carbocycles. The van der Waals surface area contributed by atoms with Gasteiger partial charge in [0.1, 0.15) is 17.7 Å². The van der Waals surface area contributed by atoms with Crippen molar-refractivity contribution in [3.8, 4) is 17.1 Å². The summed E-state index contributed by atoms with van der Waals surface area (Å²) in [5.74, 6) is 1.60. The minimum atomic E-state index is -0.0185. The van der Waals surface area contributed by atoms with Gasteiger partial charge in [-0.15, -0.1) is 0 Å². The van der Waals surface area contributed by atoms with Crippen molar-refractivity contribution in [2.24, 2.45) is 7.05 Å². The largest absolute Gasteiger partial charge is 0.490 e. The summed E-state index contributed by atoms with van der Waals surface area (Å²) in [4.78, 5) is 20.3. The van der Waals surface area contributed by atoms with E-state index in [0.29, 0.717) is 11.2 Å². The second kappa shape index (κ2) is 9.07. The van der Waals surface area contributed by atoms with Crippen molar-refractivity contribution in [2.45, 2.75) is 64.0 Å². The number of hydrogen-bond donors (Lipinski definition) is 0. The number of aryl methyl sites for hydroxylation is 1. The number of piperidine rings is 1. The minimum Gasteiger partial charge on any atom is -0.490 e. The van der Waals surface area contributed by atoms with Crippen LogP contribution in [0, 0.1) is 6.92 Å². The topological polar surface area (TPSA) is 47.4 Å². The number of likely N-dealkylation sites (tertiary alicyclic amines) is 1. The standard InChI is InChI=1S/C27H33N3O2/c1-19-18-22(32-21-14-16-30(17-15-21)20-8-4-3-5-9-20)12-13-23(19)26-28-25-11-7-6-10-24(25)27(31)29(26)2/h6-7,10-13,18,20-21H,3-5,8-9,14-17H2,1-2H3. The first-order chi connectivity index (χ1) is 15.6. The summed E-state index contributed by atoms with van der Waals surface area (Å²) in [6.45, 7) is 4.36. The first-order valence-electron chi connectivity index (χ1n) is 12.1. The molecule has 5 rings (SSSR count). The monoisotopic (exact) mass is 431 g/mol. The van der Waals surface area contributed by atoms with Crippen LogP contribution in [-0.2, 0) is 7.05 Å². The fourth-order valence-electron chi connectivity index (χ4n) is 5.42. The number of benzene rings is 2. The van der Waals surface area contributed by atoms with Gasteiger partial charge in [0.15, 0.2) is 0 Å². The quantitative estimate of drug-likeness (QED) is 0.578. The van der Waals surface area contributed by atoms with Crippen molar-refractivity contribution in [1.82, 2.24) is 14.5 Å². The Balaban J connectivity index is 1.30. The molecule has 168 valence electrons. The Labute approximate surface area is 190 Å². The molecule has 5 nitrogen and oxygen atoms in total. The van der Waals surface area contributed by atoms with Crippen LogP contribution >= 0.6 is 0 Å². The van der Waals surface area contributed by atoms with Gasteiger partial charge in [0.2, 0.25) is 0 Å². The van der Waals surface area contributed by atoms with Crippen molar-refractivity contribution in [3.05, 3.63) is 58.4 Å². The van der Waals surface area contributed by atoms with Gasteiger partial charge in [0.25, 0.3) is 5.56 Å². The molecule has 1 saturated heterocycles. The summed E-state index contributed by atoms with van der Waals surface area (Å²) in [5, 5.41) is 0.649. The third-order valence-electron chi connectivity index (χ3n) is 7.29. The fourth-order valence-corrected chi connectivity index (χ4v) is 5.42. The van der Waals surface area contributed by atoms with Gasteiger partial charge in [0.05, 0.1) is 10.9 Å². The predicted molar refractivity (Wildman–Crippen MR) is 129 cm³/mol. The van der Waals surface area contributed by atoms with Gasteiger partial charge in [0, 0.05) is 31.7 Å². The number of aromatic nitrogens is 2. The van der Waals surface area contributed by atoms with Gasteiger partial charge in [-0.1, -0.05) is 31.4 Å². The Morgan fingerprint density at radius 2 is 1.72 bits per heavy atom. The number of fused-ring (bicyclic) bond motifs is 1. The van der Waals surface area contributed by atoms with E-state index in [1.165, 1.54) is 32.1 Å². The summed E-state index contributed by atoms with van der Waals surface area (Å²) < 4.78 is 8.02. The normalized spacial score (nSPS) is 18.8. The Bertz CT molecular complexity index is 1160. The maximum Gasteiger partial charge on any atom is 0.261 e. The molecule has 1 aliphatic carbocycles. The van der Waals surface area contributed by atoms with E-state index >= 15 is 0 Å². The second-order valence-electron chi connectivity index (χ2n) is 9.44. The summed E-state index contributed by atoms with van der Waals surface area (Å²) in [5.41, 5.74) is 2.75. The van der Waals surface area contributed by atoms with Crippen molar-refractivity contribution >= 4 is 10.9 Å². The van der Waals surface area contributed by atoms with E-state index in [0.717, 1.165) is 54.4 Å². The lowest BCUT2D eigenvalue weighted by Crippen LogP contribution is -2.44. The molecule has 2 fully saturated rings. The van der Waals surface area contributed by atoms with E-state index in [2.05, 4.69) is 17.9 Å². The minimum absolute atomic E-state index is 0.0185. The first-order valence-corrected chi connectivity index (χ1v) is 12.1. The lowest BCUT2D eigenvalue weighted by atomic mass is 9.92. The van der Waals surface area contributed by atoms with Gasteiger partial charge in [-0.2, -0.15) is 0 Å². The van der Waals surface area contributed by atoms with Crippen LogP contribution in [0.1, 0.15) is 50.5 Å². The average Bonchev–Trinajstić information content (AvgIpc) is 2.83. The van der Waals surface area contributed by atoms with E-state index in [-0.39, 0.29) is 11.7 Å². The third-order valence-corrected chi connectivity index (χ3v) is 7.29. The average molecular weight is 432 g/mol. The lowest BCUT2D eigenvalue weighted by Gasteiger charge is -2.39. The molecule has 0 radical (unpaired) electrons. The second-order valence-corrected chi connectivity index (χ2v) is 9.44. The molecule has 0 amide bonds. The van der Waals surface area contributed by atoms with E-state index in [9.17, 15) is 4.79 Å². The van der Waals surface area contributed by atoms with Gasteiger partial charge in [-0.3, -0.25) is 9.36 Å². The predicted octanol–water partition coefficient (Wildman–Crippen LogP) is 5.08. The summed E-state index contributed by atoms with van der Waals surface area (Å²) >= 11 is 0. The number of para-hydroxylation sites is 1. The highest BCUT2D eigenvalue weighted by Crippen LogP contribution is 2.29. The third kappa shape index (κ3) is 4.18. The number of ether oxygens (including phenoxy) is 1. The molecule has 1 saturated carbocycles. The Kier molecular flexibility index (Phi) is 6.01. The van der Waals surface area contributed by atoms with Crippen molar-refractivity contribution < 1.29 is 4.74 Å². The fraction of sp³-hybridized carbons (Fsp3) is 0.481. The molecule has 0 bridgehead atoms. The molecule has 0 spiro atoms. The molecule has 2 aliphatic rings. The summed E-state index contributed by atoms with van der Waals surface area (Å²) in [6, 6.07) is 14.5. The maximum absolute atomic E-state index is 12.8. The van der Waals surface area contributed by atoms with Crippen molar-refractivity contribution in [2.75, 3.05) is 13.1 Å². The molecule has 32 heavy (non-hydrogen) atoms. The van der Waals surface area contributed by atoms with Gasteiger partial charge in [-0.25, -0.2) is 4.98 Å². The molecule has 5 heteroatoms. The van der Waals surface area contributed by atoms with Crippen molar-refractivity contribution in [1.29, 1.82) is 0 Å². The number of nitrogens with zero attached hydrogens (tertiary/aromatic N) is 3. The van der Waals surface area contributed by atoms with Gasteiger partial charge < -0.3 is 9.64 Å². The zero-order valence-corrected chi connectivity index (χ0v) is 19.2. The van der Waals surface area contributed by atoms with E-state index in [1.54, 1.807) is 11.6 Å². The van der Waals surface area contributed by atoms with Crippen LogP contribution in [0.25, 0.3) is 22.3 Å². The zero-order chi connectivity index (χ0) is 22.1. The number of hydrogen-bond acceptors (Lipinski definition) is 4. The molecule has 1 aromatic heterocycles. The molecule has 2 heterocycles.